The highest BCUT2D eigenvalue weighted by molar-refractivity contribution is 6.33. The monoisotopic (exact) mass is 425 g/mol. The third-order valence-corrected chi connectivity index (χ3v) is 5.54. The van der Waals surface area contributed by atoms with E-state index in [-0.39, 0.29) is 11.9 Å². The van der Waals surface area contributed by atoms with Crippen molar-refractivity contribution in [2.45, 2.75) is 33.4 Å². The molecule has 30 heavy (non-hydrogen) atoms. The molecule has 1 unspecified atom stereocenters. The number of fused-ring (bicyclic) bond motifs is 1. The van der Waals surface area contributed by atoms with Crippen molar-refractivity contribution in [2.75, 3.05) is 13.2 Å². The Balaban J connectivity index is 1.50. The molecule has 1 atom stereocenters. The predicted molar refractivity (Wildman–Crippen MR) is 116 cm³/mol. The molecule has 0 fully saturated rings. The summed E-state index contributed by atoms with van der Waals surface area (Å²) in [4.78, 5) is 13.0. The molecule has 0 radical (unpaired) electrons. The van der Waals surface area contributed by atoms with Crippen LogP contribution in [0.25, 0.3) is 0 Å². The van der Waals surface area contributed by atoms with E-state index < -0.39 is 0 Å². The number of nitrogens with one attached hydrogen (secondary N) is 1. The molecule has 0 aliphatic carbocycles. The molecule has 1 aromatic heterocycles. The van der Waals surface area contributed by atoms with Gasteiger partial charge in [-0.25, -0.2) is 4.68 Å². The fraction of sp³-hybridized carbons (Fsp3) is 0.304. The van der Waals surface area contributed by atoms with Gasteiger partial charge in [0.1, 0.15) is 18.4 Å². The van der Waals surface area contributed by atoms with E-state index in [9.17, 15) is 4.79 Å². The van der Waals surface area contributed by atoms with Gasteiger partial charge in [-0.3, -0.25) is 4.79 Å². The topological polar surface area (TPSA) is 65.4 Å². The number of aromatic nitrogens is 2. The summed E-state index contributed by atoms with van der Waals surface area (Å²) in [5.41, 5.74) is 4.18. The molecule has 1 N–H and O–H groups in total. The summed E-state index contributed by atoms with van der Waals surface area (Å²) in [5.74, 6) is 1.16. The number of rotatable bonds is 5. The third kappa shape index (κ3) is 4.14. The first kappa shape index (κ1) is 20.3. The van der Waals surface area contributed by atoms with Crippen molar-refractivity contribution >= 4 is 17.5 Å². The van der Waals surface area contributed by atoms with Crippen LogP contribution in [0.15, 0.2) is 42.5 Å². The molecule has 0 saturated carbocycles. The van der Waals surface area contributed by atoms with Gasteiger partial charge in [-0.1, -0.05) is 47.5 Å². The highest BCUT2D eigenvalue weighted by Gasteiger charge is 2.23. The second-order valence-electron chi connectivity index (χ2n) is 7.49. The average molecular weight is 426 g/mol. The Morgan fingerprint density at radius 1 is 1.13 bits per heavy atom. The number of halogens is 1. The van der Waals surface area contributed by atoms with Crippen LogP contribution >= 0.6 is 11.6 Å². The first-order valence-electron chi connectivity index (χ1n) is 9.91. The van der Waals surface area contributed by atoms with Crippen LogP contribution in [0, 0.1) is 13.8 Å². The summed E-state index contributed by atoms with van der Waals surface area (Å²) < 4.78 is 12.9. The van der Waals surface area contributed by atoms with Gasteiger partial charge in [-0.15, -0.1) is 0 Å². The van der Waals surface area contributed by atoms with Crippen LogP contribution in [0.5, 0.6) is 11.5 Å². The van der Waals surface area contributed by atoms with Crippen molar-refractivity contribution in [1.29, 1.82) is 0 Å². The first-order chi connectivity index (χ1) is 14.4. The summed E-state index contributed by atoms with van der Waals surface area (Å²) in [5, 5.41) is 7.82. The van der Waals surface area contributed by atoms with E-state index in [1.807, 2.05) is 56.3 Å². The van der Waals surface area contributed by atoms with Gasteiger partial charge in [0.05, 0.1) is 23.8 Å². The standard InChI is InChI=1S/C23H24ClN3O3/c1-14-4-6-17(7-5-14)13-27-22(24)21(16(3)26-27)23(28)25-15(2)18-8-9-19-20(12-18)30-11-10-29-19/h4-9,12,15H,10-11,13H2,1-3H3,(H,25,28). The fourth-order valence-corrected chi connectivity index (χ4v) is 3.78. The number of aryl methyl sites for hydroxylation is 2. The van der Waals surface area contributed by atoms with Gasteiger partial charge < -0.3 is 14.8 Å². The Morgan fingerprint density at radius 3 is 2.57 bits per heavy atom. The number of ether oxygens (including phenoxy) is 2. The third-order valence-electron chi connectivity index (χ3n) is 5.16. The van der Waals surface area contributed by atoms with E-state index in [4.69, 9.17) is 21.1 Å². The van der Waals surface area contributed by atoms with Crippen molar-refractivity contribution in [3.8, 4) is 11.5 Å². The minimum atomic E-state index is -0.255. The van der Waals surface area contributed by atoms with Gasteiger partial charge in [-0.2, -0.15) is 5.10 Å². The molecule has 0 spiro atoms. The highest BCUT2D eigenvalue weighted by Crippen LogP contribution is 2.33. The Morgan fingerprint density at radius 2 is 1.83 bits per heavy atom. The van der Waals surface area contributed by atoms with E-state index in [1.54, 1.807) is 11.6 Å². The molecule has 0 bridgehead atoms. The zero-order chi connectivity index (χ0) is 21.3. The minimum Gasteiger partial charge on any atom is -0.486 e. The molecule has 4 rings (SSSR count). The van der Waals surface area contributed by atoms with Crippen molar-refractivity contribution in [3.05, 3.63) is 75.6 Å². The zero-order valence-electron chi connectivity index (χ0n) is 17.2. The van der Waals surface area contributed by atoms with Crippen molar-refractivity contribution < 1.29 is 14.3 Å². The van der Waals surface area contributed by atoms with Gasteiger partial charge in [0.15, 0.2) is 11.5 Å². The van der Waals surface area contributed by atoms with Crippen LogP contribution in [0.2, 0.25) is 5.15 Å². The van der Waals surface area contributed by atoms with Crippen LogP contribution < -0.4 is 14.8 Å². The van der Waals surface area contributed by atoms with E-state index in [2.05, 4.69) is 10.4 Å². The van der Waals surface area contributed by atoms with Crippen LogP contribution in [0.1, 0.15) is 45.7 Å². The van der Waals surface area contributed by atoms with Crippen molar-refractivity contribution in [2.24, 2.45) is 0 Å². The molecule has 1 amide bonds. The number of hydrogen-bond acceptors (Lipinski definition) is 4. The Bertz CT molecular complexity index is 1080. The summed E-state index contributed by atoms with van der Waals surface area (Å²) in [6.45, 7) is 7.32. The van der Waals surface area contributed by atoms with Crippen LogP contribution in [-0.2, 0) is 6.54 Å². The Kier molecular flexibility index (Phi) is 5.68. The molecule has 6 nitrogen and oxygen atoms in total. The average Bonchev–Trinajstić information content (AvgIpc) is 3.02. The SMILES string of the molecule is Cc1ccc(Cn2nc(C)c(C(=O)NC(C)c3ccc4c(c3)OCCO4)c2Cl)cc1. The first-order valence-corrected chi connectivity index (χ1v) is 10.3. The quantitative estimate of drug-likeness (QED) is 0.655. The minimum absolute atomic E-state index is 0.232. The number of carbonyl (C=O) groups is 1. The van der Waals surface area contributed by atoms with Crippen LogP contribution in [0.4, 0.5) is 0 Å². The summed E-state index contributed by atoms with van der Waals surface area (Å²) >= 11 is 6.53. The lowest BCUT2D eigenvalue weighted by atomic mass is 10.1. The molecule has 2 aromatic carbocycles. The fourth-order valence-electron chi connectivity index (χ4n) is 3.46. The number of amides is 1. The lowest BCUT2D eigenvalue weighted by Crippen LogP contribution is -2.27. The molecule has 156 valence electrons. The number of nitrogens with zero attached hydrogens (tertiary/aromatic N) is 2. The van der Waals surface area contributed by atoms with Gasteiger partial charge in [0.25, 0.3) is 5.91 Å². The van der Waals surface area contributed by atoms with Crippen molar-refractivity contribution in [3.63, 3.8) is 0 Å². The van der Waals surface area contributed by atoms with Crippen LogP contribution in [0.3, 0.4) is 0 Å². The largest absolute Gasteiger partial charge is 0.486 e. The summed E-state index contributed by atoms with van der Waals surface area (Å²) in [6, 6.07) is 13.6. The molecular formula is C23H24ClN3O3. The summed E-state index contributed by atoms with van der Waals surface area (Å²) in [6.07, 6.45) is 0. The van der Waals surface area contributed by atoms with Gasteiger partial charge in [0.2, 0.25) is 0 Å². The molecule has 0 saturated heterocycles. The Hall–Kier alpha value is -2.99. The maximum Gasteiger partial charge on any atom is 0.256 e. The summed E-state index contributed by atoms with van der Waals surface area (Å²) in [7, 11) is 0. The normalized spacial score (nSPS) is 13.7. The smallest absolute Gasteiger partial charge is 0.256 e. The van der Waals surface area contributed by atoms with Gasteiger partial charge >= 0.3 is 0 Å². The number of carbonyl (C=O) groups excluding carboxylic acids is 1. The molecule has 3 aromatic rings. The second-order valence-corrected chi connectivity index (χ2v) is 7.85. The molecular weight excluding hydrogens is 402 g/mol. The number of benzene rings is 2. The predicted octanol–water partition coefficient (Wildman–Crippen LogP) is 4.46. The van der Waals surface area contributed by atoms with E-state index in [1.165, 1.54) is 5.56 Å². The van der Waals surface area contributed by atoms with E-state index >= 15 is 0 Å². The molecule has 2 heterocycles. The van der Waals surface area contributed by atoms with Crippen LogP contribution in [-0.4, -0.2) is 28.9 Å². The van der Waals surface area contributed by atoms with E-state index in [0.29, 0.717) is 41.9 Å². The van der Waals surface area contributed by atoms with Crippen molar-refractivity contribution in [1.82, 2.24) is 15.1 Å². The zero-order valence-corrected chi connectivity index (χ0v) is 18.0. The van der Waals surface area contributed by atoms with Gasteiger partial charge in [0, 0.05) is 0 Å². The number of hydrogen-bond donors (Lipinski definition) is 1. The molecule has 1 aliphatic rings. The lowest BCUT2D eigenvalue weighted by molar-refractivity contribution is 0.0939. The van der Waals surface area contributed by atoms with Gasteiger partial charge in [-0.05, 0) is 44.0 Å². The molecule has 7 heteroatoms. The lowest BCUT2D eigenvalue weighted by Gasteiger charge is -2.21. The maximum absolute atomic E-state index is 13.0. The second kappa shape index (κ2) is 8.40. The Labute approximate surface area is 180 Å². The maximum atomic E-state index is 13.0. The highest BCUT2D eigenvalue weighted by atomic mass is 35.5. The van der Waals surface area contributed by atoms with E-state index in [0.717, 1.165) is 16.9 Å². The molecule has 1 aliphatic heterocycles.